The van der Waals surface area contributed by atoms with Crippen molar-refractivity contribution in [2.24, 2.45) is 7.05 Å². The molecule has 1 amide bonds. The summed E-state index contributed by atoms with van der Waals surface area (Å²) in [5.41, 5.74) is 0.295. The largest absolute Gasteiger partial charge is 0.506 e. The van der Waals surface area contributed by atoms with E-state index in [4.69, 9.17) is 11.6 Å². The van der Waals surface area contributed by atoms with Crippen molar-refractivity contribution in [1.29, 1.82) is 0 Å². The molecule has 2 N–H and O–H groups in total. The van der Waals surface area contributed by atoms with E-state index in [1.165, 1.54) is 42.1 Å². The van der Waals surface area contributed by atoms with Gasteiger partial charge in [-0.3, -0.25) is 14.9 Å². The summed E-state index contributed by atoms with van der Waals surface area (Å²) in [4.78, 5) is 22.1. The first-order valence-electron chi connectivity index (χ1n) is 5.49. The van der Waals surface area contributed by atoms with Crippen molar-refractivity contribution in [3.63, 3.8) is 0 Å². The average molecular weight is 296 g/mol. The number of halogens is 1. The number of aromatic hydroxyl groups is 1. The first-order chi connectivity index (χ1) is 9.38. The minimum absolute atomic E-state index is 0.131. The van der Waals surface area contributed by atoms with Gasteiger partial charge in [0.1, 0.15) is 11.4 Å². The van der Waals surface area contributed by atoms with Gasteiger partial charge in [-0.25, -0.2) is 0 Å². The van der Waals surface area contributed by atoms with Gasteiger partial charge >= 0.3 is 0 Å². The molecular weight excluding hydrogens is 286 g/mol. The molecule has 0 atom stereocenters. The second-order valence-electron chi connectivity index (χ2n) is 4.07. The van der Waals surface area contributed by atoms with E-state index in [9.17, 15) is 20.0 Å². The Morgan fingerprint density at radius 2 is 2.15 bits per heavy atom. The van der Waals surface area contributed by atoms with Gasteiger partial charge in [0.25, 0.3) is 11.6 Å². The van der Waals surface area contributed by atoms with Gasteiger partial charge in [-0.2, -0.15) is 0 Å². The third-order valence-corrected chi connectivity index (χ3v) is 2.96. The third-order valence-electron chi connectivity index (χ3n) is 2.64. The van der Waals surface area contributed by atoms with Crippen LogP contribution in [0.4, 0.5) is 11.4 Å². The Morgan fingerprint density at radius 1 is 1.45 bits per heavy atom. The van der Waals surface area contributed by atoms with Crippen LogP contribution in [0.1, 0.15) is 10.5 Å². The van der Waals surface area contributed by atoms with Gasteiger partial charge in [0.05, 0.1) is 16.1 Å². The van der Waals surface area contributed by atoms with Crippen LogP contribution in [-0.2, 0) is 7.05 Å². The van der Waals surface area contributed by atoms with E-state index in [0.717, 1.165) is 0 Å². The second kappa shape index (κ2) is 5.22. The van der Waals surface area contributed by atoms with Crippen LogP contribution in [0, 0.1) is 10.1 Å². The molecular formula is C12H10ClN3O4. The molecule has 2 rings (SSSR count). The van der Waals surface area contributed by atoms with Crippen molar-refractivity contribution < 1.29 is 14.8 Å². The number of nitro groups is 1. The molecule has 0 unspecified atom stereocenters. The van der Waals surface area contributed by atoms with Gasteiger partial charge in [0, 0.05) is 24.9 Å². The fraction of sp³-hybridized carbons (Fsp3) is 0.0833. The maximum Gasteiger partial charge on any atom is 0.287 e. The number of amides is 1. The van der Waals surface area contributed by atoms with E-state index in [1.807, 2.05) is 0 Å². The van der Waals surface area contributed by atoms with Crippen LogP contribution in [0.3, 0.4) is 0 Å². The van der Waals surface area contributed by atoms with Gasteiger partial charge in [-0.1, -0.05) is 11.6 Å². The smallest absolute Gasteiger partial charge is 0.287 e. The second-order valence-corrected chi connectivity index (χ2v) is 4.48. The minimum atomic E-state index is -0.578. The zero-order valence-corrected chi connectivity index (χ0v) is 11.1. The van der Waals surface area contributed by atoms with Crippen LogP contribution in [-0.4, -0.2) is 20.5 Å². The number of carbonyl (C=O) groups is 1. The standard InChI is InChI=1S/C12H10ClN3O4/c1-15-6-8(16(19)20)5-10(15)12(18)14-7-2-3-9(13)11(17)4-7/h2-6,17H,1H3,(H,14,18). The highest BCUT2D eigenvalue weighted by atomic mass is 35.5. The van der Waals surface area contributed by atoms with Crippen molar-refractivity contribution in [2.75, 3.05) is 5.32 Å². The molecule has 1 heterocycles. The predicted molar refractivity (Wildman–Crippen MR) is 73.1 cm³/mol. The molecule has 1 aromatic carbocycles. The van der Waals surface area contributed by atoms with Crippen molar-refractivity contribution in [1.82, 2.24) is 4.57 Å². The van der Waals surface area contributed by atoms with Gasteiger partial charge in [0.15, 0.2) is 0 Å². The molecule has 0 saturated carbocycles. The molecule has 0 bridgehead atoms. The highest BCUT2D eigenvalue weighted by molar-refractivity contribution is 6.32. The topological polar surface area (TPSA) is 97.4 Å². The van der Waals surface area contributed by atoms with E-state index in [0.29, 0.717) is 5.69 Å². The molecule has 20 heavy (non-hydrogen) atoms. The van der Waals surface area contributed by atoms with Crippen molar-refractivity contribution in [2.45, 2.75) is 0 Å². The van der Waals surface area contributed by atoms with Gasteiger partial charge in [0.2, 0.25) is 0 Å². The van der Waals surface area contributed by atoms with Crippen molar-refractivity contribution in [3.05, 3.63) is 51.3 Å². The average Bonchev–Trinajstić information content (AvgIpc) is 2.76. The van der Waals surface area contributed by atoms with Crippen LogP contribution in [0.5, 0.6) is 5.75 Å². The number of benzene rings is 1. The predicted octanol–water partition coefficient (Wildman–Crippen LogP) is 2.54. The lowest BCUT2D eigenvalue weighted by Crippen LogP contribution is -2.15. The molecule has 104 valence electrons. The van der Waals surface area contributed by atoms with Gasteiger partial charge < -0.3 is 15.0 Å². The minimum Gasteiger partial charge on any atom is -0.506 e. The first kappa shape index (κ1) is 13.9. The first-order valence-corrected chi connectivity index (χ1v) is 5.87. The quantitative estimate of drug-likeness (QED) is 0.671. The monoisotopic (exact) mass is 295 g/mol. The maximum absolute atomic E-state index is 12.0. The van der Waals surface area contributed by atoms with E-state index in [-0.39, 0.29) is 22.2 Å². The van der Waals surface area contributed by atoms with E-state index >= 15 is 0 Å². The van der Waals surface area contributed by atoms with Crippen LogP contribution in [0.15, 0.2) is 30.5 Å². The number of carbonyl (C=O) groups excluding carboxylic acids is 1. The molecule has 8 heteroatoms. The Kier molecular flexibility index (Phi) is 3.62. The number of rotatable bonds is 3. The summed E-state index contributed by atoms with van der Waals surface area (Å²) in [7, 11) is 1.53. The Morgan fingerprint density at radius 3 is 2.70 bits per heavy atom. The molecule has 0 spiro atoms. The SMILES string of the molecule is Cn1cc([N+](=O)[O-])cc1C(=O)Nc1ccc(Cl)c(O)c1. The third kappa shape index (κ3) is 2.72. The number of aryl methyl sites for hydroxylation is 1. The highest BCUT2D eigenvalue weighted by Crippen LogP contribution is 2.26. The number of hydrogen-bond acceptors (Lipinski definition) is 4. The molecule has 7 nitrogen and oxygen atoms in total. The molecule has 1 aromatic heterocycles. The summed E-state index contributed by atoms with van der Waals surface area (Å²) < 4.78 is 1.35. The summed E-state index contributed by atoms with van der Waals surface area (Å²) in [6.45, 7) is 0. The highest BCUT2D eigenvalue weighted by Gasteiger charge is 2.17. The lowest BCUT2D eigenvalue weighted by Gasteiger charge is -2.06. The van der Waals surface area contributed by atoms with Crippen LogP contribution in [0.2, 0.25) is 5.02 Å². The number of hydrogen-bond donors (Lipinski definition) is 2. The Hall–Kier alpha value is -2.54. The number of nitrogens with one attached hydrogen (secondary N) is 1. The number of anilines is 1. The lowest BCUT2D eigenvalue weighted by atomic mass is 10.3. The van der Waals surface area contributed by atoms with Crippen molar-refractivity contribution in [3.8, 4) is 5.75 Å². The summed E-state index contributed by atoms with van der Waals surface area (Å²) in [5, 5.41) is 22.8. The summed E-state index contributed by atoms with van der Waals surface area (Å²) in [5.74, 6) is -0.690. The van der Waals surface area contributed by atoms with Crippen molar-refractivity contribution >= 4 is 28.9 Å². The van der Waals surface area contributed by atoms with E-state index < -0.39 is 10.8 Å². The Labute approximate surface area is 118 Å². The zero-order chi connectivity index (χ0) is 14.9. The Balaban J connectivity index is 2.23. The zero-order valence-electron chi connectivity index (χ0n) is 10.3. The summed E-state index contributed by atoms with van der Waals surface area (Å²) in [6.07, 6.45) is 1.24. The fourth-order valence-electron chi connectivity index (χ4n) is 1.66. The molecule has 0 fully saturated rings. The molecule has 0 aliphatic heterocycles. The molecule has 0 aliphatic carbocycles. The summed E-state index contributed by atoms with van der Waals surface area (Å²) in [6, 6.07) is 5.40. The summed E-state index contributed by atoms with van der Waals surface area (Å²) >= 11 is 5.66. The van der Waals surface area contributed by atoms with Crippen LogP contribution < -0.4 is 5.32 Å². The maximum atomic E-state index is 12.0. The lowest BCUT2D eigenvalue weighted by molar-refractivity contribution is -0.384. The number of phenolic OH excluding ortho intramolecular Hbond substituents is 1. The Bertz CT molecular complexity index is 696. The van der Waals surface area contributed by atoms with Crippen LogP contribution >= 0.6 is 11.6 Å². The number of aromatic nitrogens is 1. The van der Waals surface area contributed by atoms with E-state index in [1.54, 1.807) is 0 Å². The normalized spacial score (nSPS) is 10.3. The van der Waals surface area contributed by atoms with Crippen LogP contribution in [0.25, 0.3) is 0 Å². The molecule has 0 saturated heterocycles. The molecule has 0 radical (unpaired) electrons. The molecule has 2 aromatic rings. The number of nitrogens with zero attached hydrogens (tertiary/aromatic N) is 2. The van der Waals surface area contributed by atoms with Gasteiger partial charge in [-0.15, -0.1) is 0 Å². The van der Waals surface area contributed by atoms with E-state index in [2.05, 4.69) is 5.32 Å². The van der Waals surface area contributed by atoms with Gasteiger partial charge in [-0.05, 0) is 12.1 Å². The number of phenols is 1. The molecule has 0 aliphatic rings. The fourth-order valence-corrected chi connectivity index (χ4v) is 1.78.